The van der Waals surface area contributed by atoms with Crippen LogP contribution in [0.2, 0.25) is 0 Å². The third-order valence-electron chi connectivity index (χ3n) is 3.48. The van der Waals surface area contributed by atoms with Gasteiger partial charge in [-0.05, 0) is 31.5 Å². The van der Waals surface area contributed by atoms with E-state index in [0.717, 1.165) is 35.9 Å². The van der Waals surface area contributed by atoms with Crippen LogP contribution >= 0.6 is 11.3 Å². The van der Waals surface area contributed by atoms with Gasteiger partial charge in [-0.15, -0.1) is 11.3 Å². The van der Waals surface area contributed by atoms with Gasteiger partial charge in [-0.2, -0.15) is 0 Å². The van der Waals surface area contributed by atoms with Crippen molar-refractivity contribution in [1.29, 1.82) is 0 Å². The highest BCUT2D eigenvalue weighted by Crippen LogP contribution is 2.41. The molecule has 0 radical (unpaired) electrons. The standard InChI is InChI=1S/C15H18N2OS/c1-9-3-4-10(2)15-13(9)14-11(6-8-18-15)19-12(17-14)5-7-16/h3-4H,5-8,16H2,1-2H3. The molecule has 2 N–H and O–H groups in total. The topological polar surface area (TPSA) is 48.1 Å². The molecule has 0 saturated carbocycles. The van der Waals surface area contributed by atoms with Gasteiger partial charge in [0.25, 0.3) is 0 Å². The monoisotopic (exact) mass is 274 g/mol. The van der Waals surface area contributed by atoms with Crippen LogP contribution in [0, 0.1) is 13.8 Å². The van der Waals surface area contributed by atoms with E-state index >= 15 is 0 Å². The van der Waals surface area contributed by atoms with E-state index in [4.69, 9.17) is 15.5 Å². The molecule has 4 heteroatoms. The third kappa shape index (κ3) is 2.15. The molecule has 1 aromatic carbocycles. The molecule has 2 heterocycles. The Morgan fingerprint density at radius 2 is 2.11 bits per heavy atom. The number of aryl methyl sites for hydroxylation is 2. The summed E-state index contributed by atoms with van der Waals surface area (Å²) in [5.74, 6) is 1.00. The Bertz CT molecular complexity index is 619. The SMILES string of the molecule is Cc1ccc(C)c2c1OCCc1sc(CCN)nc1-2. The first kappa shape index (κ1) is 12.6. The highest BCUT2D eigenvalue weighted by molar-refractivity contribution is 7.12. The van der Waals surface area contributed by atoms with Gasteiger partial charge in [0.2, 0.25) is 0 Å². The molecule has 100 valence electrons. The van der Waals surface area contributed by atoms with E-state index in [-0.39, 0.29) is 0 Å². The zero-order valence-electron chi connectivity index (χ0n) is 11.3. The molecule has 3 nitrogen and oxygen atoms in total. The van der Waals surface area contributed by atoms with Crippen molar-refractivity contribution in [1.82, 2.24) is 4.98 Å². The molecule has 0 unspecified atom stereocenters. The van der Waals surface area contributed by atoms with Crippen molar-refractivity contribution < 1.29 is 4.74 Å². The van der Waals surface area contributed by atoms with Crippen LogP contribution in [0.3, 0.4) is 0 Å². The first-order chi connectivity index (χ1) is 9.20. The number of hydrogen-bond acceptors (Lipinski definition) is 4. The number of aromatic nitrogens is 1. The van der Waals surface area contributed by atoms with E-state index in [9.17, 15) is 0 Å². The van der Waals surface area contributed by atoms with E-state index < -0.39 is 0 Å². The third-order valence-corrected chi connectivity index (χ3v) is 4.65. The first-order valence-corrected chi connectivity index (χ1v) is 7.44. The molecule has 3 rings (SSSR count). The molecule has 19 heavy (non-hydrogen) atoms. The van der Waals surface area contributed by atoms with Gasteiger partial charge in [0, 0.05) is 23.3 Å². The fraction of sp³-hybridized carbons (Fsp3) is 0.400. The van der Waals surface area contributed by atoms with Crippen molar-refractivity contribution >= 4 is 11.3 Å². The lowest BCUT2D eigenvalue weighted by Crippen LogP contribution is -2.02. The largest absolute Gasteiger partial charge is 0.492 e. The lowest BCUT2D eigenvalue weighted by atomic mass is 10.0. The van der Waals surface area contributed by atoms with E-state index in [0.29, 0.717) is 6.54 Å². The minimum absolute atomic E-state index is 0.655. The zero-order valence-corrected chi connectivity index (χ0v) is 12.1. The second-order valence-electron chi connectivity index (χ2n) is 4.92. The van der Waals surface area contributed by atoms with Crippen molar-refractivity contribution in [3.8, 4) is 17.0 Å². The van der Waals surface area contributed by atoms with Crippen LogP contribution in [0.5, 0.6) is 5.75 Å². The highest BCUT2D eigenvalue weighted by Gasteiger charge is 2.22. The maximum absolute atomic E-state index is 5.94. The number of nitrogens with zero attached hydrogens (tertiary/aromatic N) is 1. The van der Waals surface area contributed by atoms with Crippen molar-refractivity contribution in [3.63, 3.8) is 0 Å². The van der Waals surface area contributed by atoms with Crippen LogP contribution in [0.1, 0.15) is 21.0 Å². The molecule has 0 spiro atoms. The average molecular weight is 274 g/mol. The minimum atomic E-state index is 0.655. The van der Waals surface area contributed by atoms with Crippen LogP contribution in [-0.4, -0.2) is 18.1 Å². The quantitative estimate of drug-likeness (QED) is 0.916. The Morgan fingerprint density at radius 3 is 2.89 bits per heavy atom. The van der Waals surface area contributed by atoms with Gasteiger partial charge in [0.15, 0.2) is 0 Å². The fourth-order valence-electron chi connectivity index (χ4n) is 2.51. The number of thiazole rings is 1. The second kappa shape index (κ2) is 4.94. The molecule has 0 bridgehead atoms. The summed E-state index contributed by atoms with van der Waals surface area (Å²) >= 11 is 1.78. The lowest BCUT2D eigenvalue weighted by molar-refractivity contribution is 0.325. The number of benzene rings is 1. The van der Waals surface area contributed by atoms with Crippen LogP contribution in [-0.2, 0) is 12.8 Å². The van der Waals surface area contributed by atoms with Gasteiger partial charge < -0.3 is 10.5 Å². The minimum Gasteiger partial charge on any atom is -0.492 e. The average Bonchev–Trinajstić information content (AvgIpc) is 2.68. The summed E-state index contributed by atoms with van der Waals surface area (Å²) in [6.45, 7) is 5.60. The Hall–Kier alpha value is -1.39. The Labute approximate surface area is 117 Å². The Balaban J connectivity index is 2.21. The predicted molar refractivity (Wildman–Crippen MR) is 79.0 cm³/mol. The van der Waals surface area contributed by atoms with E-state index in [2.05, 4.69) is 26.0 Å². The second-order valence-corrected chi connectivity index (χ2v) is 6.09. The summed E-state index contributed by atoms with van der Waals surface area (Å²) in [6.07, 6.45) is 1.80. The molecular formula is C15H18N2OS. The zero-order chi connectivity index (χ0) is 13.4. The van der Waals surface area contributed by atoms with Crippen molar-refractivity contribution in [2.24, 2.45) is 5.73 Å². The molecule has 1 aliphatic rings. The van der Waals surface area contributed by atoms with Crippen molar-refractivity contribution in [2.75, 3.05) is 13.2 Å². The smallest absolute Gasteiger partial charge is 0.131 e. The molecule has 0 atom stereocenters. The van der Waals surface area contributed by atoms with Crippen molar-refractivity contribution in [2.45, 2.75) is 26.7 Å². The van der Waals surface area contributed by atoms with Gasteiger partial charge in [-0.1, -0.05) is 12.1 Å². The van der Waals surface area contributed by atoms with E-state index in [1.807, 2.05) is 0 Å². The van der Waals surface area contributed by atoms with Crippen LogP contribution < -0.4 is 10.5 Å². The van der Waals surface area contributed by atoms with Crippen molar-refractivity contribution in [3.05, 3.63) is 33.1 Å². The highest BCUT2D eigenvalue weighted by atomic mass is 32.1. The maximum Gasteiger partial charge on any atom is 0.131 e. The number of hydrogen-bond donors (Lipinski definition) is 1. The number of rotatable bonds is 2. The normalized spacial score (nSPS) is 13.4. The number of ether oxygens (including phenoxy) is 1. The number of nitrogens with two attached hydrogens (primary N) is 1. The summed E-state index contributed by atoms with van der Waals surface area (Å²) in [5, 5.41) is 1.14. The van der Waals surface area contributed by atoms with Gasteiger partial charge in [0.05, 0.1) is 17.3 Å². The maximum atomic E-state index is 5.94. The summed E-state index contributed by atoms with van der Waals surface area (Å²) in [6, 6.07) is 4.26. The van der Waals surface area contributed by atoms with E-state index in [1.54, 1.807) is 11.3 Å². The molecule has 0 aliphatic carbocycles. The molecule has 0 saturated heterocycles. The van der Waals surface area contributed by atoms with E-state index in [1.165, 1.54) is 21.6 Å². The number of fused-ring (bicyclic) bond motifs is 3. The molecular weight excluding hydrogens is 256 g/mol. The molecule has 2 aromatic rings. The molecule has 1 aliphatic heterocycles. The molecule has 0 fully saturated rings. The van der Waals surface area contributed by atoms with Crippen LogP contribution in [0.25, 0.3) is 11.3 Å². The summed E-state index contributed by atoms with van der Waals surface area (Å²) in [5.41, 5.74) is 10.3. The first-order valence-electron chi connectivity index (χ1n) is 6.62. The fourth-order valence-corrected chi connectivity index (χ4v) is 3.58. The van der Waals surface area contributed by atoms with Crippen LogP contribution in [0.15, 0.2) is 12.1 Å². The molecule has 0 amide bonds. The Kier molecular flexibility index (Phi) is 3.29. The lowest BCUT2D eigenvalue weighted by Gasteiger charge is -2.12. The Morgan fingerprint density at radius 1 is 1.32 bits per heavy atom. The van der Waals surface area contributed by atoms with Gasteiger partial charge in [0.1, 0.15) is 5.75 Å². The predicted octanol–water partition coefficient (Wildman–Crippen LogP) is 2.86. The summed E-state index contributed by atoms with van der Waals surface area (Å²) in [4.78, 5) is 6.13. The van der Waals surface area contributed by atoms with Crippen LogP contribution in [0.4, 0.5) is 0 Å². The summed E-state index contributed by atoms with van der Waals surface area (Å²) < 4.78 is 5.94. The summed E-state index contributed by atoms with van der Waals surface area (Å²) in [7, 11) is 0. The molecule has 1 aromatic heterocycles. The van der Waals surface area contributed by atoms with Gasteiger partial charge in [-0.25, -0.2) is 4.98 Å². The van der Waals surface area contributed by atoms with Gasteiger partial charge >= 0.3 is 0 Å². The van der Waals surface area contributed by atoms with Gasteiger partial charge in [-0.3, -0.25) is 0 Å².